The van der Waals surface area contributed by atoms with Gasteiger partial charge in [0.25, 0.3) is 11.8 Å². The lowest BCUT2D eigenvalue weighted by molar-refractivity contribution is 0.0845. The number of hydrazine groups is 1. The van der Waals surface area contributed by atoms with E-state index < -0.39 is 11.8 Å². The molecule has 3 aromatic rings. The average Bonchev–Trinajstić information content (AvgIpc) is 2.95. The van der Waals surface area contributed by atoms with E-state index >= 15 is 0 Å². The summed E-state index contributed by atoms with van der Waals surface area (Å²) in [6, 6.07) is 12.7. The predicted molar refractivity (Wildman–Crippen MR) is 102 cm³/mol. The van der Waals surface area contributed by atoms with Gasteiger partial charge >= 0.3 is 0 Å². The zero-order valence-electron chi connectivity index (χ0n) is 14.6. The van der Waals surface area contributed by atoms with Crippen LogP contribution in [0.25, 0.3) is 5.69 Å². The lowest BCUT2D eigenvalue weighted by Gasteiger charge is -2.09. The van der Waals surface area contributed by atoms with Crippen LogP contribution in [0.2, 0.25) is 0 Å². The molecule has 3 rings (SSSR count). The van der Waals surface area contributed by atoms with Crippen LogP contribution >= 0.6 is 15.9 Å². The second-order valence-corrected chi connectivity index (χ2v) is 6.68. The van der Waals surface area contributed by atoms with E-state index in [9.17, 15) is 14.0 Å². The van der Waals surface area contributed by atoms with E-state index in [-0.39, 0.29) is 5.82 Å². The molecule has 2 N–H and O–H groups in total. The number of hydrogen-bond acceptors (Lipinski definition) is 3. The number of rotatable bonds is 3. The first kappa shape index (κ1) is 18.8. The van der Waals surface area contributed by atoms with Crippen LogP contribution in [0.15, 0.2) is 53.0 Å². The highest BCUT2D eigenvalue weighted by Gasteiger charge is 2.20. The predicted octanol–water partition coefficient (Wildman–Crippen LogP) is 3.47. The molecule has 0 spiro atoms. The van der Waals surface area contributed by atoms with E-state index in [1.165, 1.54) is 12.1 Å². The Kier molecular flexibility index (Phi) is 5.36. The first-order chi connectivity index (χ1) is 12.9. The summed E-state index contributed by atoms with van der Waals surface area (Å²) in [6.07, 6.45) is 0. The van der Waals surface area contributed by atoms with E-state index in [1.807, 2.05) is 0 Å². The summed E-state index contributed by atoms with van der Waals surface area (Å²) in [5, 5.41) is 4.34. The van der Waals surface area contributed by atoms with E-state index in [0.29, 0.717) is 32.7 Å². The molecule has 1 aromatic heterocycles. The van der Waals surface area contributed by atoms with Gasteiger partial charge in [-0.2, -0.15) is 5.10 Å². The molecule has 0 unspecified atom stereocenters. The molecule has 0 bridgehead atoms. The van der Waals surface area contributed by atoms with E-state index in [0.717, 1.165) is 0 Å². The van der Waals surface area contributed by atoms with Crippen LogP contribution in [0.1, 0.15) is 32.1 Å². The van der Waals surface area contributed by atoms with Crippen LogP contribution in [0.4, 0.5) is 4.39 Å². The Morgan fingerprint density at radius 2 is 1.63 bits per heavy atom. The number of carbonyl (C=O) groups is 2. The van der Waals surface area contributed by atoms with Crippen LogP contribution in [0, 0.1) is 19.7 Å². The van der Waals surface area contributed by atoms with Crippen LogP contribution < -0.4 is 10.9 Å². The Morgan fingerprint density at radius 1 is 1.00 bits per heavy atom. The molecule has 0 aliphatic heterocycles. The van der Waals surface area contributed by atoms with Crippen LogP contribution in [-0.4, -0.2) is 21.6 Å². The standard InChI is InChI=1S/C19H16BrFN4O2/c1-11-17(12(2)25(24-11)14-9-7-13(21)8-10-14)19(27)23-22-18(26)15-5-3-4-6-16(15)20/h3-10H,1-2H3,(H,22,26)(H,23,27). The van der Waals surface area contributed by atoms with Gasteiger partial charge in [0.15, 0.2) is 0 Å². The maximum atomic E-state index is 13.1. The minimum Gasteiger partial charge on any atom is -0.267 e. The molecule has 27 heavy (non-hydrogen) atoms. The van der Waals surface area contributed by atoms with Gasteiger partial charge in [0.1, 0.15) is 5.82 Å². The molecular weight excluding hydrogens is 415 g/mol. The normalized spacial score (nSPS) is 10.5. The van der Waals surface area contributed by atoms with Gasteiger partial charge in [0.2, 0.25) is 0 Å². The van der Waals surface area contributed by atoms with Crippen molar-refractivity contribution < 1.29 is 14.0 Å². The van der Waals surface area contributed by atoms with Gasteiger partial charge in [0.05, 0.1) is 28.2 Å². The Hall–Kier alpha value is -3.00. The maximum absolute atomic E-state index is 13.1. The van der Waals surface area contributed by atoms with Gasteiger partial charge in [0, 0.05) is 4.47 Å². The molecule has 138 valence electrons. The van der Waals surface area contributed by atoms with Crippen LogP contribution in [0.5, 0.6) is 0 Å². The summed E-state index contributed by atoms with van der Waals surface area (Å²) in [5.74, 6) is -1.29. The van der Waals surface area contributed by atoms with Gasteiger partial charge in [-0.1, -0.05) is 12.1 Å². The smallest absolute Gasteiger partial charge is 0.267 e. The minimum atomic E-state index is -0.487. The zero-order chi connectivity index (χ0) is 19.6. The topological polar surface area (TPSA) is 76.0 Å². The maximum Gasteiger partial charge on any atom is 0.273 e. The van der Waals surface area contributed by atoms with Crippen molar-refractivity contribution in [1.82, 2.24) is 20.6 Å². The van der Waals surface area contributed by atoms with E-state index in [4.69, 9.17) is 0 Å². The van der Waals surface area contributed by atoms with Crippen molar-refractivity contribution in [1.29, 1.82) is 0 Å². The number of amides is 2. The first-order valence-electron chi connectivity index (χ1n) is 8.06. The number of nitrogens with zero attached hydrogens (tertiary/aromatic N) is 2. The number of hydrogen-bond donors (Lipinski definition) is 2. The number of aromatic nitrogens is 2. The van der Waals surface area contributed by atoms with Crippen molar-refractivity contribution >= 4 is 27.7 Å². The highest BCUT2D eigenvalue weighted by Crippen LogP contribution is 2.18. The zero-order valence-corrected chi connectivity index (χ0v) is 16.2. The Bertz CT molecular complexity index is 1020. The molecule has 0 aliphatic carbocycles. The average molecular weight is 431 g/mol. The van der Waals surface area contributed by atoms with Crippen LogP contribution in [-0.2, 0) is 0 Å². The highest BCUT2D eigenvalue weighted by molar-refractivity contribution is 9.10. The molecule has 2 aromatic carbocycles. The van der Waals surface area contributed by atoms with Crippen molar-refractivity contribution in [3.05, 3.63) is 81.3 Å². The fourth-order valence-corrected chi connectivity index (χ4v) is 3.16. The molecular formula is C19H16BrFN4O2. The fraction of sp³-hybridized carbons (Fsp3) is 0.105. The molecule has 0 fully saturated rings. The Morgan fingerprint density at radius 3 is 2.30 bits per heavy atom. The summed E-state index contributed by atoms with van der Waals surface area (Å²) in [7, 11) is 0. The van der Waals surface area contributed by atoms with Crippen molar-refractivity contribution in [2.75, 3.05) is 0 Å². The third kappa shape index (κ3) is 3.90. The minimum absolute atomic E-state index is 0.340. The number of halogens is 2. The molecule has 0 aliphatic rings. The number of carbonyl (C=O) groups excluding carboxylic acids is 2. The van der Waals surface area contributed by atoms with Crippen molar-refractivity contribution in [2.45, 2.75) is 13.8 Å². The molecule has 0 saturated heterocycles. The first-order valence-corrected chi connectivity index (χ1v) is 8.85. The highest BCUT2D eigenvalue weighted by atomic mass is 79.9. The van der Waals surface area contributed by atoms with Crippen molar-refractivity contribution in [2.24, 2.45) is 0 Å². The molecule has 0 saturated carbocycles. The molecule has 0 radical (unpaired) electrons. The fourth-order valence-electron chi connectivity index (χ4n) is 2.69. The van der Waals surface area contributed by atoms with Gasteiger partial charge in [-0.25, -0.2) is 9.07 Å². The number of benzene rings is 2. The summed E-state index contributed by atoms with van der Waals surface area (Å²) in [5.41, 5.74) is 7.24. The third-order valence-electron chi connectivity index (χ3n) is 4.00. The lowest BCUT2D eigenvalue weighted by atomic mass is 10.2. The lowest BCUT2D eigenvalue weighted by Crippen LogP contribution is -2.42. The largest absolute Gasteiger partial charge is 0.273 e. The summed E-state index contributed by atoms with van der Waals surface area (Å²) < 4.78 is 15.3. The van der Waals surface area contributed by atoms with Crippen molar-refractivity contribution in [3.8, 4) is 5.69 Å². The summed E-state index contributed by atoms with van der Waals surface area (Å²) in [4.78, 5) is 24.8. The number of aryl methyl sites for hydroxylation is 1. The molecule has 6 nitrogen and oxygen atoms in total. The second kappa shape index (κ2) is 7.71. The number of nitrogens with one attached hydrogen (secondary N) is 2. The third-order valence-corrected chi connectivity index (χ3v) is 4.69. The second-order valence-electron chi connectivity index (χ2n) is 5.82. The van der Waals surface area contributed by atoms with E-state index in [1.54, 1.807) is 54.9 Å². The van der Waals surface area contributed by atoms with E-state index in [2.05, 4.69) is 31.9 Å². The SMILES string of the molecule is Cc1nn(-c2ccc(F)cc2)c(C)c1C(=O)NNC(=O)c1ccccc1Br. The summed E-state index contributed by atoms with van der Waals surface area (Å²) in [6.45, 7) is 3.42. The Labute approximate surface area is 163 Å². The summed E-state index contributed by atoms with van der Waals surface area (Å²) >= 11 is 3.29. The van der Waals surface area contributed by atoms with Gasteiger partial charge in [-0.05, 0) is 66.2 Å². The molecule has 1 heterocycles. The monoisotopic (exact) mass is 430 g/mol. The van der Waals surface area contributed by atoms with Crippen LogP contribution in [0.3, 0.4) is 0 Å². The quantitative estimate of drug-likeness (QED) is 0.624. The molecule has 2 amide bonds. The van der Waals surface area contributed by atoms with Gasteiger partial charge in [-0.3, -0.25) is 20.4 Å². The molecule has 0 atom stereocenters. The molecule has 8 heteroatoms. The van der Waals surface area contributed by atoms with Crippen molar-refractivity contribution in [3.63, 3.8) is 0 Å². The van der Waals surface area contributed by atoms with Gasteiger partial charge in [-0.15, -0.1) is 0 Å². The Balaban J connectivity index is 1.78. The van der Waals surface area contributed by atoms with Gasteiger partial charge < -0.3 is 0 Å².